The Morgan fingerprint density at radius 1 is 0.946 bits per heavy atom. The average Bonchev–Trinajstić information content (AvgIpc) is 3.19. The minimum atomic E-state index is -1.05. The van der Waals surface area contributed by atoms with Crippen molar-refractivity contribution in [1.29, 1.82) is 0 Å². The number of carbonyl (C=O) groups is 2. The zero-order chi connectivity index (χ0) is 25.9. The Morgan fingerprint density at radius 3 is 2.32 bits per heavy atom. The lowest BCUT2D eigenvalue weighted by Crippen LogP contribution is -2.38. The van der Waals surface area contributed by atoms with Gasteiger partial charge in [0.1, 0.15) is 17.4 Å². The quantitative estimate of drug-likeness (QED) is 0.423. The number of benzene rings is 2. The van der Waals surface area contributed by atoms with Gasteiger partial charge in [-0.2, -0.15) is 0 Å². The highest BCUT2D eigenvalue weighted by Gasteiger charge is 2.45. The highest BCUT2D eigenvalue weighted by atomic mass is 16.5. The molecule has 1 aliphatic heterocycles. The number of hydrogen-bond donors (Lipinski definition) is 2. The molecule has 7 heteroatoms. The van der Waals surface area contributed by atoms with Gasteiger partial charge in [0.15, 0.2) is 0 Å². The minimum Gasteiger partial charge on any atom is -0.495 e. The number of allylic oxidation sites excluding steroid dienone is 4. The van der Waals surface area contributed by atoms with Crippen LogP contribution in [0.5, 0.6) is 11.5 Å². The van der Waals surface area contributed by atoms with Gasteiger partial charge in [0, 0.05) is 17.8 Å². The van der Waals surface area contributed by atoms with Crippen LogP contribution in [0.1, 0.15) is 68.4 Å². The van der Waals surface area contributed by atoms with E-state index in [4.69, 9.17) is 9.47 Å². The van der Waals surface area contributed by atoms with Crippen molar-refractivity contribution in [2.45, 2.75) is 76.4 Å². The first kappa shape index (κ1) is 24.9. The fourth-order valence-corrected chi connectivity index (χ4v) is 5.70. The van der Waals surface area contributed by atoms with Gasteiger partial charge in [-0.1, -0.05) is 24.1 Å². The monoisotopic (exact) mass is 503 g/mol. The minimum absolute atomic E-state index is 0.269. The molecule has 3 aliphatic rings. The molecule has 0 radical (unpaired) electrons. The first-order valence-electron chi connectivity index (χ1n) is 13.1. The van der Waals surface area contributed by atoms with Crippen molar-refractivity contribution >= 4 is 17.6 Å². The number of carboxylic acid groups (broad SMARTS) is 2. The summed E-state index contributed by atoms with van der Waals surface area (Å²) >= 11 is 0. The lowest BCUT2D eigenvalue weighted by Gasteiger charge is -2.33. The standard InChI is InChI=1S/C30H33NO6/c1-19-7-11-22(12-8-19)37-24-15-16-26-25(17-24)29(30(34)35)27(18-28(32)33)31(26)20-9-13-23(14-10-20)36-21-5-3-2-4-6-21/h7-9,11-13,15-17,21,27,29H,2-6,10,14,18H2,1H3,(H,32,33)(H,34,35). The first-order valence-corrected chi connectivity index (χ1v) is 13.1. The lowest BCUT2D eigenvalue weighted by atomic mass is 9.92. The molecule has 2 N–H and O–H groups in total. The number of aliphatic carboxylic acids is 2. The fourth-order valence-electron chi connectivity index (χ4n) is 5.70. The second-order valence-electron chi connectivity index (χ2n) is 10.2. The summed E-state index contributed by atoms with van der Waals surface area (Å²) in [5.41, 5.74) is 3.30. The van der Waals surface area contributed by atoms with Gasteiger partial charge in [-0.15, -0.1) is 0 Å². The van der Waals surface area contributed by atoms with E-state index in [0.717, 1.165) is 29.9 Å². The van der Waals surface area contributed by atoms with Gasteiger partial charge in [-0.05, 0) is 87.1 Å². The van der Waals surface area contributed by atoms with Gasteiger partial charge >= 0.3 is 11.9 Å². The molecule has 1 fully saturated rings. The predicted molar refractivity (Wildman–Crippen MR) is 140 cm³/mol. The molecule has 2 aromatic carbocycles. The number of aryl methyl sites for hydroxylation is 1. The molecule has 0 saturated heterocycles. The molecule has 194 valence electrons. The number of nitrogens with zero attached hydrogens (tertiary/aromatic N) is 1. The second kappa shape index (κ2) is 10.7. The van der Waals surface area contributed by atoms with Crippen LogP contribution in [-0.4, -0.2) is 34.3 Å². The highest BCUT2D eigenvalue weighted by molar-refractivity contribution is 5.87. The lowest BCUT2D eigenvalue weighted by molar-refractivity contribution is -0.140. The number of hydrogen-bond acceptors (Lipinski definition) is 5. The maximum Gasteiger partial charge on any atom is 0.313 e. The third kappa shape index (κ3) is 5.50. The SMILES string of the molecule is Cc1ccc(Oc2ccc3c(c2)C(C(=O)O)C(CC(=O)O)N3C2=CC=C(OC3CCCCC3)CC2)cc1. The highest BCUT2D eigenvalue weighted by Crippen LogP contribution is 2.47. The summed E-state index contributed by atoms with van der Waals surface area (Å²) in [6.45, 7) is 1.99. The number of ether oxygens (including phenoxy) is 2. The Hall–Kier alpha value is -3.74. The summed E-state index contributed by atoms with van der Waals surface area (Å²) in [6.07, 6.45) is 11.1. The Morgan fingerprint density at radius 2 is 1.68 bits per heavy atom. The number of fused-ring (bicyclic) bond motifs is 1. The predicted octanol–water partition coefficient (Wildman–Crippen LogP) is 6.53. The summed E-state index contributed by atoms with van der Waals surface area (Å²) in [4.78, 5) is 26.2. The summed E-state index contributed by atoms with van der Waals surface area (Å²) in [5.74, 6) is -0.946. The maximum atomic E-state index is 12.5. The molecule has 0 aromatic heterocycles. The Labute approximate surface area is 217 Å². The normalized spacial score (nSPS) is 21.6. The molecule has 2 aliphatic carbocycles. The molecule has 2 atom stereocenters. The number of anilines is 1. The summed E-state index contributed by atoms with van der Waals surface area (Å²) in [5, 5.41) is 19.9. The first-order chi connectivity index (χ1) is 17.9. The molecule has 0 spiro atoms. The van der Waals surface area contributed by atoms with Gasteiger partial charge in [-0.25, -0.2) is 0 Å². The number of rotatable bonds is 8. The van der Waals surface area contributed by atoms with E-state index in [-0.39, 0.29) is 12.5 Å². The van der Waals surface area contributed by atoms with Crippen LogP contribution in [0.15, 0.2) is 66.1 Å². The topological polar surface area (TPSA) is 96.3 Å². The van der Waals surface area contributed by atoms with Crippen LogP contribution >= 0.6 is 0 Å². The van der Waals surface area contributed by atoms with Crippen molar-refractivity contribution in [2.75, 3.05) is 4.90 Å². The number of carboxylic acids is 2. The molecule has 37 heavy (non-hydrogen) atoms. The summed E-state index contributed by atoms with van der Waals surface area (Å²) in [6, 6.07) is 12.3. The van der Waals surface area contributed by atoms with Crippen molar-refractivity contribution in [1.82, 2.24) is 0 Å². The molecule has 7 nitrogen and oxygen atoms in total. The van der Waals surface area contributed by atoms with Crippen LogP contribution in [0.3, 0.4) is 0 Å². The van der Waals surface area contributed by atoms with Gasteiger partial charge in [-0.3, -0.25) is 9.59 Å². The van der Waals surface area contributed by atoms with E-state index in [1.165, 1.54) is 19.3 Å². The Balaban J connectivity index is 1.45. The van der Waals surface area contributed by atoms with Gasteiger partial charge in [0.2, 0.25) is 0 Å². The maximum absolute atomic E-state index is 12.5. The van der Waals surface area contributed by atoms with Crippen molar-refractivity contribution in [2.24, 2.45) is 0 Å². The largest absolute Gasteiger partial charge is 0.495 e. The van der Waals surface area contributed by atoms with Crippen LogP contribution in [-0.2, 0) is 14.3 Å². The summed E-state index contributed by atoms with van der Waals surface area (Å²) in [7, 11) is 0. The van der Waals surface area contributed by atoms with Crippen molar-refractivity contribution in [3.05, 3.63) is 77.2 Å². The van der Waals surface area contributed by atoms with E-state index in [1.807, 2.05) is 60.4 Å². The van der Waals surface area contributed by atoms with Crippen LogP contribution in [0.4, 0.5) is 5.69 Å². The molecule has 5 rings (SSSR count). The zero-order valence-corrected chi connectivity index (χ0v) is 21.1. The van der Waals surface area contributed by atoms with E-state index in [9.17, 15) is 19.8 Å². The third-order valence-electron chi connectivity index (χ3n) is 7.49. The average molecular weight is 504 g/mol. The smallest absolute Gasteiger partial charge is 0.313 e. The van der Waals surface area contributed by atoms with E-state index in [0.29, 0.717) is 35.6 Å². The third-order valence-corrected chi connectivity index (χ3v) is 7.49. The molecule has 2 aromatic rings. The van der Waals surface area contributed by atoms with Crippen LogP contribution < -0.4 is 9.64 Å². The molecule has 0 bridgehead atoms. The van der Waals surface area contributed by atoms with Crippen molar-refractivity contribution in [3.8, 4) is 11.5 Å². The van der Waals surface area contributed by atoms with Crippen LogP contribution in [0.2, 0.25) is 0 Å². The van der Waals surface area contributed by atoms with Gasteiger partial charge in [0.05, 0.1) is 24.3 Å². The molecule has 1 saturated carbocycles. The van der Waals surface area contributed by atoms with Gasteiger partial charge in [0.25, 0.3) is 0 Å². The molecule has 0 amide bonds. The van der Waals surface area contributed by atoms with E-state index < -0.39 is 23.9 Å². The van der Waals surface area contributed by atoms with E-state index >= 15 is 0 Å². The van der Waals surface area contributed by atoms with Crippen molar-refractivity contribution < 1.29 is 29.3 Å². The fraction of sp³-hybridized carbons (Fsp3) is 0.400. The van der Waals surface area contributed by atoms with Crippen molar-refractivity contribution in [3.63, 3.8) is 0 Å². The van der Waals surface area contributed by atoms with Crippen LogP contribution in [0, 0.1) is 6.92 Å². The van der Waals surface area contributed by atoms with Crippen LogP contribution in [0.25, 0.3) is 0 Å². The molecular formula is C30H33NO6. The van der Waals surface area contributed by atoms with Gasteiger partial charge < -0.3 is 24.6 Å². The molecule has 2 unspecified atom stereocenters. The molecule has 1 heterocycles. The Bertz CT molecular complexity index is 1230. The Kier molecular flexibility index (Phi) is 7.22. The second-order valence-corrected chi connectivity index (χ2v) is 10.2. The molecular weight excluding hydrogens is 470 g/mol. The zero-order valence-electron chi connectivity index (χ0n) is 21.1. The van der Waals surface area contributed by atoms with E-state index in [1.54, 1.807) is 6.07 Å². The van der Waals surface area contributed by atoms with E-state index in [2.05, 4.69) is 0 Å². The summed E-state index contributed by atoms with van der Waals surface area (Å²) < 4.78 is 12.2.